The van der Waals surface area contributed by atoms with Crippen LogP contribution < -0.4 is 27.0 Å². The fourth-order valence-electron chi connectivity index (χ4n) is 6.17. The van der Waals surface area contributed by atoms with E-state index in [9.17, 15) is 33.6 Å². The van der Waals surface area contributed by atoms with Gasteiger partial charge >= 0.3 is 6.09 Å². The number of nitrogens with two attached hydrogens (primary N) is 1. The van der Waals surface area contributed by atoms with Crippen LogP contribution in [0.15, 0.2) is 30.3 Å². The molecular weight excluding hydrogens is 620 g/mol. The van der Waals surface area contributed by atoms with Gasteiger partial charge in [-0.1, -0.05) is 62.9 Å². The van der Waals surface area contributed by atoms with Crippen LogP contribution in [0, 0.1) is 5.92 Å². The third kappa shape index (κ3) is 11.1. The van der Waals surface area contributed by atoms with E-state index in [0.29, 0.717) is 31.4 Å². The van der Waals surface area contributed by atoms with Gasteiger partial charge in [0, 0.05) is 6.54 Å². The van der Waals surface area contributed by atoms with Crippen molar-refractivity contribution < 1.29 is 38.3 Å². The van der Waals surface area contributed by atoms with Crippen molar-refractivity contribution in [3.8, 4) is 0 Å². The van der Waals surface area contributed by atoms with Gasteiger partial charge in [0.1, 0.15) is 23.7 Å². The quantitative estimate of drug-likeness (QED) is 0.184. The number of Topliss-reactive ketones (excluding diaryl/α,β-unsaturated/α-hetero) is 1. The average Bonchev–Trinajstić information content (AvgIpc) is 3.54. The third-order valence-corrected chi connectivity index (χ3v) is 8.46. The monoisotopic (exact) mass is 670 g/mol. The van der Waals surface area contributed by atoms with Crippen LogP contribution >= 0.6 is 0 Å². The number of carbonyl (C=O) groups is 7. The van der Waals surface area contributed by atoms with Crippen LogP contribution in [0.4, 0.5) is 4.79 Å². The van der Waals surface area contributed by atoms with Crippen molar-refractivity contribution in [1.29, 1.82) is 0 Å². The van der Waals surface area contributed by atoms with Gasteiger partial charge in [-0.25, -0.2) is 4.79 Å². The largest absolute Gasteiger partial charge is 0.444 e. The Bertz CT molecular complexity index is 1320. The lowest BCUT2D eigenvalue weighted by Crippen LogP contribution is -2.58. The highest BCUT2D eigenvalue weighted by Gasteiger charge is 2.42. The number of likely N-dealkylation sites (tertiary alicyclic amines) is 1. The molecule has 14 heteroatoms. The summed E-state index contributed by atoms with van der Waals surface area (Å²) in [6.45, 7) is 6.69. The van der Waals surface area contributed by atoms with Crippen molar-refractivity contribution in [2.45, 2.75) is 115 Å². The fraction of sp³-hybridized carbons (Fsp3) is 0.618. The summed E-state index contributed by atoms with van der Waals surface area (Å²) in [7, 11) is 0. The number of benzene rings is 1. The molecule has 0 bridgehead atoms. The Morgan fingerprint density at radius 3 is 2.19 bits per heavy atom. The lowest BCUT2D eigenvalue weighted by atomic mass is 9.83. The smallest absolute Gasteiger partial charge is 0.408 e. The Morgan fingerprint density at radius 2 is 1.58 bits per heavy atom. The lowest BCUT2D eigenvalue weighted by molar-refractivity contribution is -0.143. The molecule has 14 nitrogen and oxygen atoms in total. The first-order valence-electron chi connectivity index (χ1n) is 16.8. The zero-order chi connectivity index (χ0) is 35.4. The van der Waals surface area contributed by atoms with Gasteiger partial charge in [-0.3, -0.25) is 28.8 Å². The molecule has 0 radical (unpaired) electrons. The number of rotatable bonds is 14. The zero-order valence-corrected chi connectivity index (χ0v) is 28.3. The molecule has 1 aromatic rings. The number of carbonyl (C=O) groups excluding carboxylic acids is 7. The van der Waals surface area contributed by atoms with Crippen molar-refractivity contribution in [2.75, 3.05) is 13.1 Å². The number of ketones is 1. The summed E-state index contributed by atoms with van der Waals surface area (Å²) < 4.78 is 5.44. The summed E-state index contributed by atoms with van der Waals surface area (Å²) in [5.41, 5.74) is 5.13. The Hall–Kier alpha value is -4.49. The number of ether oxygens (including phenoxy) is 1. The van der Waals surface area contributed by atoms with Crippen molar-refractivity contribution in [3.63, 3.8) is 0 Å². The molecule has 2 fully saturated rings. The normalized spacial score (nSPS) is 18.5. The molecule has 1 heterocycles. The summed E-state index contributed by atoms with van der Waals surface area (Å²) in [6, 6.07) is 4.23. The van der Waals surface area contributed by atoms with Gasteiger partial charge in [0.2, 0.25) is 29.4 Å². The number of amides is 6. The fourth-order valence-corrected chi connectivity index (χ4v) is 6.17. The number of nitrogens with zero attached hydrogens (tertiary/aromatic N) is 1. The molecule has 1 aliphatic heterocycles. The Labute approximate surface area is 281 Å². The Kier molecular flexibility index (Phi) is 13.9. The number of nitrogens with one attached hydrogen (secondary N) is 4. The van der Waals surface area contributed by atoms with E-state index in [0.717, 1.165) is 32.1 Å². The molecular formula is C34H50N6O8. The Balaban J connectivity index is 1.64. The Morgan fingerprint density at radius 1 is 0.917 bits per heavy atom. The van der Waals surface area contributed by atoms with E-state index in [1.165, 1.54) is 4.90 Å². The highest BCUT2D eigenvalue weighted by Crippen LogP contribution is 2.29. The number of hydrogen-bond donors (Lipinski definition) is 5. The second-order valence-electron chi connectivity index (χ2n) is 13.4. The van der Waals surface area contributed by atoms with Gasteiger partial charge < -0.3 is 36.6 Å². The van der Waals surface area contributed by atoms with Crippen LogP contribution in [0.25, 0.3) is 0 Å². The molecule has 0 spiro atoms. The predicted molar refractivity (Wildman–Crippen MR) is 176 cm³/mol. The first-order valence-corrected chi connectivity index (χ1v) is 16.8. The van der Waals surface area contributed by atoms with Gasteiger partial charge in [-0.05, 0) is 64.4 Å². The van der Waals surface area contributed by atoms with Crippen molar-refractivity contribution >= 4 is 41.4 Å². The molecule has 48 heavy (non-hydrogen) atoms. The minimum Gasteiger partial charge on any atom is -0.444 e. The van der Waals surface area contributed by atoms with E-state index in [1.54, 1.807) is 58.0 Å². The SMILES string of the molecule is CCCC(NC(=O)C1CCCN1C(=O)C(NC(=O)OC(C)(C)C)C1CCCCC1)C(=O)C(=O)NCC(=O)NC(C(N)=O)c1ccccc1. The highest BCUT2D eigenvalue weighted by atomic mass is 16.6. The molecule has 6 N–H and O–H groups in total. The van der Waals surface area contributed by atoms with Gasteiger partial charge in [0.05, 0.1) is 12.6 Å². The molecule has 264 valence electrons. The molecule has 4 atom stereocenters. The highest BCUT2D eigenvalue weighted by molar-refractivity contribution is 6.38. The minimum absolute atomic E-state index is 0.107. The predicted octanol–water partition coefficient (Wildman–Crippen LogP) is 1.76. The topological polar surface area (TPSA) is 206 Å². The van der Waals surface area contributed by atoms with Crippen LogP contribution in [0.1, 0.15) is 97.1 Å². The second-order valence-corrected chi connectivity index (χ2v) is 13.4. The van der Waals surface area contributed by atoms with E-state index in [-0.39, 0.29) is 18.2 Å². The van der Waals surface area contributed by atoms with E-state index in [2.05, 4.69) is 21.3 Å². The molecule has 1 saturated heterocycles. The zero-order valence-electron chi connectivity index (χ0n) is 28.3. The molecule has 3 rings (SSSR count). The van der Waals surface area contributed by atoms with Gasteiger partial charge in [0.25, 0.3) is 5.91 Å². The first kappa shape index (κ1) is 38.0. The summed E-state index contributed by atoms with van der Waals surface area (Å²) >= 11 is 0. The maximum atomic E-state index is 14.0. The first-order chi connectivity index (χ1) is 22.7. The van der Waals surface area contributed by atoms with Crippen molar-refractivity contribution in [1.82, 2.24) is 26.2 Å². The molecule has 1 saturated carbocycles. The number of alkyl carbamates (subject to hydrolysis) is 1. The van der Waals surface area contributed by atoms with Crippen LogP contribution in [-0.2, 0) is 33.5 Å². The van der Waals surface area contributed by atoms with Crippen LogP contribution in [0.5, 0.6) is 0 Å². The van der Waals surface area contributed by atoms with Crippen molar-refractivity contribution in [2.24, 2.45) is 11.7 Å². The minimum atomic E-state index is -1.19. The summed E-state index contributed by atoms with van der Waals surface area (Å²) in [5, 5.41) is 10.1. The molecule has 4 unspecified atom stereocenters. The molecule has 6 amide bonds. The van der Waals surface area contributed by atoms with Gasteiger partial charge in [-0.15, -0.1) is 0 Å². The summed E-state index contributed by atoms with van der Waals surface area (Å²) in [5.74, 6) is -4.64. The maximum Gasteiger partial charge on any atom is 0.408 e. The summed E-state index contributed by atoms with van der Waals surface area (Å²) in [6.07, 6.45) is 5.21. The van der Waals surface area contributed by atoms with Gasteiger partial charge in [0.15, 0.2) is 0 Å². The van der Waals surface area contributed by atoms with E-state index in [4.69, 9.17) is 10.5 Å². The average molecular weight is 671 g/mol. The van der Waals surface area contributed by atoms with Crippen LogP contribution in [0.3, 0.4) is 0 Å². The van der Waals surface area contributed by atoms with Crippen LogP contribution in [0.2, 0.25) is 0 Å². The molecule has 1 aliphatic carbocycles. The second kappa shape index (κ2) is 17.6. The summed E-state index contributed by atoms with van der Waals surface area (Å²) in [4.78, 5) is 92.1. The van der Waals surface area contributed by atoms with Crippen LogP contribution in [-0.4, -0.2) is 83.1 Å². The molecule has 2 aliphatic rings. The van der Waals surface area contributed by atoms with E-state index in [1.807, 2.05) is 0 Å². The third-order valence-electron chi connectivity index (χ3n) is 8.46. The molecule has 1 aromatic carbocycles. The standard InChI is InChI=1S/C34H50N6O8/c1-5-13-23(28(42)31(45)36-20-25(41)38-26(29(35)43)21-14-8-6-9-15-21)37-30(44)24-18-12-19-40(24)32(46)27(22-16-10-7-11-17-22)39-33(47)48-34(2,3)4/h6,8-9,14-15,22-24,26-27H,5,7,10-13,16-20H2,1-4H3,(H2,35,43)(H,36,45)(H,37,44)(H,38,41)(H,39,47). The number of primary amides is 1. The number of hydrogen-bond acceptors (Lipinski definition) is 8. The lowest BCUT2D eigenvalue weighted by Gasteiger charge is -2.35. The van der Waals surface area contributed by atoms with Gasteiger partial charge in [-0.2, -0.15) is 0 Å². The van der Waals surface area contributed by atoms with E-state index >= 15 is 0 Å². The van der Waals surface area contributed by atoms with E-state index < -0.39 is 71.8 Å². The molecule has 0 aromatic heterocycles. The van der Waals surface area contributed by atoms with Crippen molar-refractivity contribution in [3.05, 3.63) is 35.9 Å². The maximum absolute atomic E-state index is 14.0.